The predicted molar refractivity (Wildman–Crippen MR) is 402 cm³/mol. The maximum atomic E-state index is 12.7. The number of esters is 7. The van der Waals surface area contributed by atoms with Crippen LogP contribution in [0.1, 0.15) is 139 Å². The maximum Gasteiger partial charge on any atom is 0.426 e. The van der Waals surface area contributed by atoms with E-state index in [1.807, 2.05) is 41.5 Å². The molecule has 0 aliphatic rings. The van der Waals surface area contributed by atoms with E-state index >= 15 is 0 Å². The van der Waals surface area contributed by atoms with Gasteiger partial charge in [0.05, 0.1) is 136 Å². The SMILES string of the molecule is CC(=O)Oc1ccc(C(=O)OC(CS(=O)(=O)[O-])C(F)(F)F)cc1.CC(C)(C)c1ccc(C(=O)OC(CS(=O)(=O)[O-])C(F)(F)F)cc1.CC(C)c1ccc(C(=O)OC(CS(=O)(=O)[O-])C(F)(F)F)cc1.CCc1ccc(C(=O)OC(CS(=O)(=O)[O-])C(F)(F)F)cc1.COc1ccc(C(=O)OC(CS(=O)(=O)[O-])C(F)(F)F)cc1.Cc1ccc(C(=O)OC(CS(=O)(=O)[O-])C(F)(F)F)cc1. The smallest absolute Gasteiger partial charge is 0.426 e. The van der Waals surface area contributed by atoms with E-state index in [0.717, 1.165) is 65.6 Å². The van der Waals surface area contributed by atoms with Gasteiger partial charge in [0.2, 0.25) is 36.6 Å². The molecule has 0 aliphatic heterocycles. The summed E-state index contributed by atoms with van der Waals surface area (Å²) >= 11 is 0. The number of hydrogen-bond donors (Lipinski definition) is 0. The Bertz CT molecular complexity index is 5370. The van der Waals surface area contributed by atoms with Gasteiger partial charge in [0.15, 0.2) is 0 Å². The molecule has 0 radical (unpaired) electrons. The highest BCUT2D eigenvalue weighted by molar-refractivity contribution is 7.87. The Labute approximate surface area is 728 Å². The van der Waals surface area contributed by atoms with Crippen molar-refractivity contribution in [2.75, 3.05) is 41.6 Å². The fourth-order valence-corrected chi connectivity index (χ4v) is 12.5. The molecule has 57 heteroatoms. The molecule has 0 aliphatic carbocycles. The quantitative estimate of drug-likeness (QED) is 0.0145. The van der Waals surface area contributed by atoms with E-state index < -0.39 is 211 Å². The van der Waals surface area contributed by atoms with E-state index in [4.69, 9.17) is 4.74 Å². The third kappa shape index (κ3) is 48.5. The minimum Gasteiger partial charge on any atom is -0.748 e. The Morgan fingerprint density at radius 2 is 0.508 bits per heavy atom. The highest BCUT2D eigenvalue weighted by atomic mass is 32.2. The number of ether oxygens (including phenoxy) is 8. The van der Waals surface area contributed by atoms with E-state index in [2.05, 4.69) is 33.2 Å². The number of alkyl halides is 18. The van der Waals surface area contributed by atoms with Crippen molar-refractivity contribution in [3.8, 4) is 11.5 Å². The Kier molecular flexibility index (Phi) is 43.6. The molecule has 730 valence electrons. The van der Waals surface area contributed by atoms with E-state index in [1.165, 1.54) is 92.0 Å². The summed E-state index contributed by atoms with van der Waals surface area (Å²) in [5, 5.41) is 0. The molecule has 130 heavy (non-hydrogen) atoms. The van der Waals surface area contributed by atoms with Gasteiger partial charge in [-0.3, -0.25) is 4.79 Å². The first-order valence-corrected chi connectivity index (χ1v) is 44.6. The van der Waals surface area contributed by atoms with Gasteiger partial charge in [-0.15, -0.1) is 0 Å². The van der Waals surface area contributed by atoms with Crippen molar-refractivity contribution in [2.24, 2.45) is 0 Å². The molecule has 0 spiro atoms. The van der Waals surface area contributed by atoms with Gasteiger partial charge >= 0.3 is 78.8 Å². The molecule has 6 aromatic carbocycles. The molecule has 0 N–H and O–H groups in total. The molecule has 0 aromatic heterocycles. The minimum absolute atomic E-state index is 0.0450. The van der Waals surface area contributed by atoms with Gasteiger partial charge in [-0.1, -0.05) is 95.6 Å². The summed E-state index contributed by atoms with van der Waals surface area (Å²) in [5.74, 6) is -19.6. The highest BCUT2D eigenvalue weighted by Gasteiger charge is 2.49. The number of carbonyl (C=O) groups excluding carboxylic acids is 7. The topological polar surface area (TPSA) is 537 Å². The lowest BCUT2D eigenvalue weighted by molar-refractivity contribution is -0.197. The van der Waals surface area contributed by atoms with Crippen LogP contribution in [0, 0.1) is 6.92 Å². The molecule has 0 heterocycles. The van der Waals surface area contributed by atoms with Gasteiger partial charge in [-0.2, -0.15) is 79.0 Å². The summed E-state index contributed by atoms with van der Waals surface area (Å²) in [6.45, 7) is 14.2. The number of benzene rings is 6. The third-order valence-electron chi connectivity index (χ3n) is 15.2. The molecule has 6 aromatic rings. The van der Waals surface area contributed by atoms with Gasteiger partial charge in [0.25, 0.3) is 0 Å². The zero-order chi connectivity index (χ0) is 101. The van der Waals surface area contributed by atoms with Crippen LogP contribution in [0.3, 0.4) is 0 Å². The lowest BCUT2D eigenvalue weighted by Gasteiger charge is -2.22. The molecular weight excluding hydrogens is 1940 g/mol. The monoisotopic (exact) mass is 2010 g/mol. The van der Waals surface area contributed by atoms with E-state index in [1.54, 1.807) is 31.2 Å². The first-order valence-electron chi connectivity index (χ1n) is 35.1. The summed E-state index contributed by atoms with van der Waals surface area (Å²) in [4.78, 5) is 80.2. The average Bonchev–Trinajstić information content (AvgIpc) is 0.853. The number of hydrogen-bond acceptors (Lipinski definition) is 33. The summed E-state index contributed by atoms with van der Waals surface area (Å²) in [5.41, 5.74) is 1.88. The second-order valence-electron chi connectivity index (χ2n) is 27.3. The molecule has 6 atom stereocenters. The van der Waals surface area contributed by atoms with Crippen LogP contribution in [0.5, 0.6) is 11.5 Å². The zero-order valence-corrected chi connectivity index (χ0v) is 72.5. The fraction of sp³-hybridized carbons (Fsp3) is 0.411. The molecule has 0 fully saturated rings. The van der Waals surface area contributed by atoms with Crippen molar-refractivity contribution < 1.29 is 228 Å². The van der Waals surface area contributed by atoms with Crippen LogP contribution in [0.25, 0.3) is 0 Å². The summed E-state index contributed by atoms with van der Waals surface area (Å²) in [7, 11) is -29.9. The highest BCUT2D eigenvalue weighted by Crippen LogP contribution is 2.33. The second kappa shape index (κ2) is 48.1. The first kappa shape index (κ1) is 118. The molecule has 33 nitrogen and oxygen atoms in total. The van der Waals surface area contributed by atoms with Gasteiger partial charge in [-0.25, -0.2) is 79.3 Å². The largest absolute Gasteiger partial charge is 0.748 e. The molecule has 6 rings (SSSR count). The van der Waals surface area contributed by atoms with Gasteiger partial charge in [0, 0.05) is 6.92 Å². The summed E-state index contributed by atoms with van der Waals surface area (Å²) in [6, 6.07) is 31.5. The van der Waals surface area contributed by atoms with Gasteiger partial charge in [-0.05, 0) is 138 Å². The predicted octanol–water partition coefficient (Wildman–Crippen LogP) is 11.1. The normalized spacial score (nSPS) is 13.8. The first-order chi connectivity index (χ1) is 58.5. The zero-order valence-electron chi connectivity index (χ0n) is 67.6. The van der Waals surface area contributed by atoms with Crippen LogP contribution < -0.4 is 9.47 Å². The Hall–Kier alpha value is -10.4. The van der Waals surface area contributed by atoms with Crippen molar-refractivity contribution in [2.45, 2.75) is 147 Å². The number of halogens is 18. The minimum atomic E-state index is -5.26. The number of rotatable bonds is 28. The Morgan fingerprint density at radius 3 is 0.685 bits per heavy atom. The molecule has 6 unspecified atom stereocenters. The lowest BCUT2D eigenvalue weighted by atomic mass is 9.87. The standard InChI is InChI=1S/C14H17F3O5S.C13H15F3O5S.C12H11F3O7S.C12H13F3O5S.C11H11F3O6S.C11H11F3O5S/c1-13(2,3)10-6-4-9(5-7-10)12(18)22-11(14(15,16)17)8-23(19,20)21;1-8(2)9-3-5-10(6-4-9)12(17)21-11(13(14,15)16)7-22(18,19)20;1-7(16)21-9-4-2-8(3-5-9)11(17)22-10(12(13,14)15)6-23(18,19)20;1-2-8-3-5-9(6-4-8)11(16)20-10(12(13,14)15)7-21(17,18)19;1-19-8-4-2-7(3-5-8)10(15)20-9(11(12,13)14)6-21(16,17)18;1-7-2-4-8(5-3-7)10(15)19-9(11(12,13)14)6-20(16,17)18/h4-7,11H,8H2,1-3H3,(H,19,20,21);3-6,8,11H,7H2,1-2H3,(H,18,19,20);2-5,10H,6H2,1H3,(H,18,19,20);3-6,10H,2,7H2,1H3,(H,17,18,19);2-5,9H,6H2,1H3,(H,16,17,18);2-5,9H,6H2,1H3,(H,16,17,18)/p-6. The Morgan fingerprint density at radius 1 is 0.315 bits per heavy atom. The van der Waals surface area contributed by atoms with Crippen molar-refractivity contribution >= 4 is 102 Å². The number of methoxy groups -OCH3 is 1. The van der Waals surface area contributed by atoms with Crippen molar-refractivity contribution in [3.63, 3.8) is 0 Å². The molecule has 0 bridgehead atoms. The second-order valence-corrected chi connectivity index (χ2v) is 36.0. The van der Waals surface area contributed by atoms with Crippen molar-refractivity contribution in [1.82, 2.24) is 0 Å². The van der Waals surface area contributed by atoms with E-state index in [9.17, 15) is 190 Å². The molecule has 0 saturated carbocycles. The van der Waals surface area contributed by atoms with Crippen molar-refractivity contribution in [1.29, 1.82) is 0 Å². The van der Waals surface area contributed by atoms with Crippen LogP contribution in [-0.4, -0.2) is 235 Å². The fourth-order valence-electron chi connectivity index (χ4n) is 8.70. The lowest BCUT2D eigenvalue weighted by Crippen LogP contribution is -2.39. The molecule has 0 saturated heterocycles. The van der Waals surface area contributed by atoms with Gasteiger partial charge < -0.3 is 65.2 Å². The number of aryl methyl sites for hydroxylation is 2. The van der Waals surface area contributed by atoms with Crippen LogP contribution in [0.2, 0.25) is 0 Å². The maximum absolute atomic E-state index is 12.7. The third-order valence-corrected chi connectivity index (χ3v) is 19.4. The van der Waals surface area contributed by atoms with Crippen LogP contribution >= 0.6 is 0 Å². The van der Waals surface area contributed by atoms with Crippen LogP contribution in [-0.2, 0) is 106 Å². The number of carbonyl (C=O) groups is 7. The van der Waals surface area contributed by atoms with Gasteiger partial charge in [0.1, 0.15) is 11.5 Å². The van der Waals surface area contributed by atoms with E-state index in [0.29, 0.717) is 12.2 Å². The summed E-state index contributed by atoms with van der Waals surface area (Å²) in [6.07, 6.45) is -48.4. The Balaban J connectivity index is 0.000000780. The molecule has 0 amide bonds. The van der Waals surface area contributed by atoms with Crippen molar-refractivity contribution in [3.05, 3.63) is 201 Å². The van der Waals surface area contributed by atoms with E-state index in [-0.39, 0.29) is 50.5 Å². The van der Waals surface area contributed by atoms with Crippen LogP contribution in [0.15, 0.2) is 146 Å². The summed E-state index contributed by atoms with van der Waals surface area (Å²) < 4.78 is 449. The molecular formula is C73H72F18O33S6-6. The van der Waals surface area contributed by atoms with Crippen LogP contribution in [0.4, 0.5) is 79.0 Å². The average molecular weight is 2010 g/mol.